The maximum absolute atomic E-state index is 12.7. The van der Waals surface area contributed by atoms with Gasteiger partial charge in [0.15, 0.2) is 5.78 Å². The fraction of sp³-hybridized carbons (Fsp3) is 0.167. The minimum absolute atomic E-state index is 0.0265. The number of rotatable bonds is 4. The Balaban J connectivity index is 2.07. The van der Waals surface area contributed by atoms with E-state index in [2.05, 4.69) is 4.98 Å². The Bertz CT molecular complexity index is 802. The number of aromatic nitrogens is 1. The van der Waals surface area contributed by atoms with Gasteiger partial charge in [-0.15, -0.1) is 0 Å². The molecule has 1 heterocycles. The third-order valence-corrected chi connectivity index (χ3v) is 3.49. The van der Waals surface area contributed by atoms with E-state index in [4.69, 9.17) is 4.74 Å². The molecule has 0 atom stereocenters. The molecule has 0 fully saturated rings. The van der Waals surface area contributed by atoms with Gasteiger partial charge in [0.2, 0.25) is 0 Å². The lowest BCUT2D eigenvalue weighted by Gasteiger charge is -2.04. The quantitative estimate of drug-likeness (QED) is 0.730. The number of carbonyl (C=O) groups is 1. The van der Waals surface area contributed by atoms with E-state index in [1.807, 2.05) is 56.3 Å². The van der Waals surface area contributed by atoms with Gasteiger partial charge >= 0.3 is 0 Å². The minimum Gasteiger partial charge on any atom is -0.494 e. The van der Waals surface area contributed by atoms with Crippen LogP contribution in [-0.4, -0.2) is 17.4 Å². The first-order valence-corrected chi connectivity index (χ1v) is 7.04. The second-order valence-electron chi connectivity index (χ2n) is 5.04. The first kappa shape index (κ1) is 13.4. The third kappa shape index (κ3) is 2.55. The normalized spacial score (nSPS) is 10.8. The van der Waals surface area contributed by atoms with Crippen LogP contribution in [0.1, 0.15) is 28.4 Å². The van der Waals surface area contributed by atoms with Crippen LogP contribution in [-0.2, 0) is 0 Å². The Morgan fingerprint density at radius 1 is 1.19 bits per heavy atom. The van der Waals surface area contributed by atoms with Gasteiger partial charge < -0.3 is 9.72 Å². The Morgan fingerprint density at radius 2 is 2.05 bits per heavy atom. The number of hydrogen-bond donors (Lipinski definition) is 1. The van der Waals surface area contributed by atoms with Crippen LogP contribution >= 0.6 is 0 Å². The van der Waals surface area contributed by atoms with Gasteiger partial charge in [0.25, 0.3) is 0 Å². The number of ether oxygens (including phenoxy) is 1. The van der Waals surface area contributed by atoms with Crippen LogP contribution in [0.15, 0.2) is 48.7 Å². The average molecular weight is 279 g/mol. The molecule has 3 rings (SSSR count). The molecule has 2 aromatic carbocycles. The summed E-state index contributed by atoms with van der Waals surface area (Å²) < 4.78 is 5.52. The number of aromatic amines is 1. The lowest BCUT2D eigenvalue weighted by atomic mass is 10.0. The fourth-order valence-electron chi connectivity index (χ4n) is 2.49. The molecule has 0 unspecified atom stereocenters. The summed E-state index contributed by atoms with van der Waals surface area (Å²) in [6.07, 6.45) is 1.77. The standard InChI is InChI=1S/C18H17NO2/c1-3-21-14-7-8-17-15(10-14)16(11-19-17)18(20)13-6-4-5-12(2)9-13/h4-11,19H,3H2,1-2H3. The number of fused-ring (bicyclic) bond motifs is 1. The van der Waals surface area contributed by atoms with Gasteiger partial charge in [-0.05, 0) is 38.1 Å². The molecule has 3 aromatic rings. The number of carbonyl (C=O) groups excluding carboxylic acids is 1. The number of benzene rings is 2. The average Bonchev–Trinajstić information content (AvgIpc) is 2.90. The fourth-order valence-corrected chi connectivity index (χ4v) is 2.49. The van der Waals surface area contributed by atoms with Crippen molar-refractivity contribution in [3.63, 3.8) is 0 Å². The van der Waals surface area contributed by atoms with Crippen LogP contribution in [0.5, 0.6) is 5.75 Å². The predicted molar refractivity (Wildman–Crippen MR) is 84.1 cm³/mol. The molecule has 0 spiro atoms. The summed E-state index contributed by atoms with van der Waals surface area (Å²) in [5.41, 5.74) is 3.40. The zero-order valence-corrected chi connectivity index (χ0v) is 12.1. The summed E-state index contributed by atoms with van der Waals surface area (Å²) in [7, 11) is 0. The van der Waals surface area contributed by atoms with Crippen LogP contribution in [0, 0.1) is 6.92 Å². The summed E-state index contributed by atoms with van der Waals surface area (Å²) in [4.78, 5) is 15.8. The van der Waals surface area contributed by atoms with Gasteiger partial charge in [0.05, 0.1) is 6.61 Å². The smallest absolute Gasteiger partial charge is 0.195 e. The van der Waals surface area contributed by atoms with E-state index in [1.54, 1.807) is 6.20 Å². The zero-order valence-electron chi connectivity index (χ0n) is 12.1. The number of nitrogens with one attached hydrogen (secondary N) is 1. The summed E-state index contributed by atoms with van der Waals surface area (Å²) in [5.74, 6) is 0.807. The molecule has 106 valence electrons. The van der Waals surface area contributed by atoms with Crippen LogP contribution in [0.2, 0.25) is 0 Å². The maximum atomic E-state index is 12.7. The second-order valence-corrected chi connectivity index (χ2v) is 5.04. The van der Waals surface area contributed by atoms with E-state index in [-0.39, 0.29) is 5.78 Å². The minimum atomic E-state index is 0.0265. The van der Waals surface area contributed by atoms with E-state index < -0.39 is 0 Å². The number of hydrogen-bond acceptors (Lipinski definition) is 2. The van der Waals surface area contributed by atoms with Crippen molar-refractivity contribution in [1.82, 2.24) is 4.98 Å². The molecule has 0 aliphatic heterocycles. The molecular formula is C18H17NO2. The van der Waals surface area contributed by atoms with Crippen molar-refractivity contribution in [3.8, 4) is 5.75 Å². The van der Waals surface area contributed by atoms with Gasteiger partial charge in [-0.25, -0.2) is 0 Å². The molecule has 3 heteroatoms. The summed E-state index contributed by atoms with van der Waals surface area (Å²) >= 11 is 0. The highest BCUT2D eigenvalue weighted by Crippen LogP contribution is 2.25. The molecule has 3 nitrogen and oxygen atoms in total. The van der Waals surface area contributed by atoms with Crippen LogP contribution in [0.3, 0.4) is 0 Å². The molecular weight excluding hydrogens is 262 g/mol. The molecule has 1 aromatic heterocycles. The first-order valence-electron chi connectivity index (χ1n) is 7.04. The highest BCUT2D eigenvalue weighted by molar-refractivity contribution is 6.16. The number of aryl methyl sites for hydroxylation is 1. The van der Waals surface area contributed by atoms with E-state index in [0.29, 0.717) is 17.7 Å². The van der Waals surface area contributed by atoms with Gasteiger partial charge in [-0.1, -0.05) is 23.8 Å². The molecule has 0 bridgehead atoms. The highest BCUT2D eigenvalue weighted by atomic mass is 16.5. The number of ketones is 1. The Hall–Kier alpha value is -2.55. The van der Waals surface area contributed by atoms with Crippen molar-refractivity contribution in [2.45, 2.75) is 13.8 Å². The highest BCUT2D eigenvalue weighted by Gasteiger charge is 2.14. The Kier molecular flexibility index (Phi) is 3.48. The summed E-state index contributed by atoms with van der Waals surface area (Å²) in [6.45, 7) is 4.54. The maximum Gasteiger partial charge on any atom is 0.195 e. The summed E-state index contributed by atoms with van der Waals surface area (Å²) in [6, 6.07) is 13.4. The predicted octanol–water partition coefficient (Wildman–Crippen LogP) is 4.11. The van der Waals surface area contributed by atoms with Gasteiger partial charge in [0, 0.05) is 28.2 Å². The zero-order chi connectivity index (χ0) is 14.8. The first-order chi connectivity index (χ1) is 10.2. The molecule has 0 radical (unpaired) electrons. The van der Waals surface area contributed by atoms with Crippen molar-refractivity contribution >= 4 is 16.7 Å². The number of H-pyrrole nitrogens is 1. The van der Waals surface area contributed by atoms with Crippen molar-refractivity contribution in [2.75, 3.05) is 6.61 Å². The van der Waals surface area contributed by atoms with Crippen molar-refractivity contribution < 1.29 is 9.53 Å². The van der Waals surface area contributed by atoms with Gasteiger partial charge in [0.1, 0.15) is 5.75 Å². The van der Waals surface area contributed by atoms with Gasteiger partial charge in [-0.3, -0.25) is 4.79 Å². The van der Waals surface area contributed by atoms with Crippen LogP contribution in [0.4, 0.5) is 0 Å². The molecule has 0 saturated heterocycles. The largest absolute Gasteiger partial charge is 0.494 e. The summed E-state index contributed by atoms with van der Waals surface area (Å²) in [5, 5.41) is 0.896. The van der Waals surface area contributed by atoms with E-state index in [9.17, 15) is 4.79 Å². The van der Waals surface area contributed by atoms with Crippen molar-refractivity contribution in [1.29, 1.82) is 0 Å². The van der Waals surface area contributed by atoms with E-state index in [1.165, 1.54) is 0 Å². The topological polar surface area (TPSA) is 42.1 Å². The van der Waals surface area contributed by atoms with Crippen molar-refractivity contribution in [2.24, 2.45) is 0 Å². The molecule has 21 heavy (non-hydrogen) atoms. The second kappa shape index (κ2) is 5.44. The van der Waals surface area contributed by atoms with Crippen LogP contribution in [0.25, 0.3) is 10.9 Å². The Morgan fingerprint density at radius 3 is 2.81 bits per heavy atom. The Labute approximate surface area is 123 Å². The van der Waals surface area contributed by atoms with Crippen LogP contribution < -0.4 is 4.74 Å². The lowest BCUT2D eigenvalue weighted by Crippen LogP contribution is -2.00. The molecule has 0 aliphatic rings. The third-order valence-electron chi connectivity index (χ3n) is 3.49. The SMILES string of the molecule is CCOc1ccc2[nH]cc(C(=O)c3cccc(C)c3)c2c1. The molecule has 0 aliphatic carbocycles. The van der Waals surface area contributed by atoms with E-state index >= 15 is 0 Å². The molecule has 0 amide bonds. The molecule has 0 saturated carbocycles. The lowest BCUT2D eigenvalue weighted by molar-refractivity contribution is 0.104. The van der Waals surface area contributed by atoms with Crippen molar-refractivity contribution in [3.05, 3.63) is 65.4 Å². The van der Waals surface area contributed by atoms with Gasteiger partial charge in [-0.2, -0.15) is 0 Å². The monoisotopic (exact) mass is 279 g/mol. The van der Waals surface area contributed by atoms with E-state index in [0.717, 1.165) is 22.2 Å². The molecule has 1 N–H and O–H groups in total.